The normalized spacial score (nSPS) is 32.4. The number of carboxylic acids is 1. The molecule has 1 heterocycles. The number of urea groups is 1. The Hall–Kier alpha value is -2.40. The molecule has 0 aromatic carbocycles. The molecule has 1 aliphatic heterocycles. The molecular weight excluding hydrogens is 538 g/mol. The van der Waals surface area contributed by atoms with Crippen molar-refractivity contribution in [1.82, 2.24) is 25.8 Å². The predicted molar refractivity (Wildman–Crippen MR) is 159 cm³/mol. The Kier molecular flexibility index (Phi) is 12.3. The number of nitrogens with one attached hydrogen (secondary N) is 3. The van der Waals surface area contributed by atoms with E-state index in [1.165, 1.54) is 19.3 Å². The largest absolute Gasteiger partial charge is 0.481 e. The van der Waals surface area contributed by atoms with E-state index in [2.05, 4.69) is 27.8 Å². The summed E-state index contributed by atoms with van der Waals surface area (Å²) in [6, 6.07) is 0.665. The Morgan fingerprint density at radius 3 is 2.38 bits per heavy atom. The molecule has 4 aliphatic rings. The van der Waals surface area contributed by atoms with Gasteiger partial charge in [-0.1, -0.05) is 19.8 Å². The maximum Gasteiger partial charge on any atom is 0.315 e. The molecule has 1 saturated heterocycles. The van der Waals surface area contributed by atoms with E-state index in [1.54, 1.807) is 12.0 Å². The average Bonchev–Trinajstić information content (AvgIpc) is 3.08. The number of methoxy groups -OCH3 is 1. The van der Waals surface area contributed by atoms with Crippen LogP contribution in [0.5, 0.6) is 0 Å². The first-order chi connectivity index (χ1) is 20.2. The number of carbonyl (C=O) groups is 4. The Balaban J connectivity index is 1.21. The number of nitrogens with zero attached hydrogens (tertiary/aromatic N) is 2. The van der Waals surface area contributed by atoms with E-state index >= 15 is 0 Å². The number of fused-ring (bicyclic) bond motifs is 1. The molecule has 3 saturated carbocycles. The SMILES string of the molecule is COCCN1CC(=O)N(CCC(=O)O)CC2CC(NC(=O)CC3CCC(NC(=O)NC4CCCCC4C)CC3)CCC21. The van der Waals surface area contributed by atoms with Crippen LogP contribution in [0.3, 0.4) is 0 Å². The van der Waals surface area contributed by atoms with Crippen LogP contribution < -0.4 is 16.0 Å². The minimum absolute atomic E-state index is 0.0338. The van der Waals surface area contributed by atoms with E-state index in [0.717, 1.165) is 51.4 Å². The van der Waals surface area contributed by atoms with Crippen molar-refractivity contribution in [1.29, 1.82) is 0 Å². The number of rotatable bonds is 11. The van der Waals surface area contributed by atoms with Gasteiger partial charge in [0.2, 0.25) is 11.8 Å². The molecule has 0 bridgehead atoms. The number of amides is 4. The molecule has 238 valence electrons. The molecule has 4 rings (SSSR count). The summed E-state index contributed by atoms with van der Waals surface area (Å²) < 4.78 is 5.29. The van der Waals surface area contributed by atoms with Gasteiger partial charge >= 0.3 is 12.0 Å². The van der Waals surface area contributed by atoms with Gasteiger partial charge in [0.25, 0.3) is 0 Å². The lowest BCUT2D eigenvalue weighted by molar-refractivity contribution is -0.138. The maximum absolute atomic E-state index is 13.1. The zero-order chi connectivity index (χ0) is 30.1. The highest BCUT2D eigenvalue weighted by Gasteiger charge is 2.40. The summed E-state index contributed by atoms with van der Waals surface area (Å²) in [6.07, 6.45) is 11.3. The Labute approximate surface area is 250 Å². The van der Waals surface area contributed by atoms with Crippen LogP contribution in [0.15, 0.2) is 0 Å². The van der Waals surface area contributed by atoms with E-state index in [9.17, 15) is 19.2 Å². The number of aliphatic carboxylic acids is 1. The number of ether oxygens (including phenoxy) is 1. The summed E-state index contributed by atoms with van der Waals surface area (Å²) in [6.45, 7) is 4.43. The molecule has 4 fully saturated rings. The van der Waals surface area contributed by atoms with Gasteiger partial charge in [0, 0.05) is 57.3 Å². The summed E-state index contributed by atoms with van der Waals surface area (Å²) in [5.74, 6) is 0.175. The van der Waals surface area contributed by atoms with Gasteiger partial charge < -0.3 is 30.7 Å². The zero-order valence-electron chi connectivity index (χ0n) is 25.7. The van der Waals surface area contributed by atoms with E-state index in [0.29, 0.717) is 38.0 Å². The van der Waals surface area contributed by atoms with Gasteiger partial charge in [-0.25, -0.2) is 4.79 Å². The van der Waals surface area contributed by atoms with Crippen molar-refractivity contribution in [2.75, 3.05) is 39.9 Å². The molecule has 42 heavy (non-hydrogen) atoms. The molecule has 3 aliphatic carbocycles. The Morgan fingerprint density at radius 2 is 1.67 bits per heavy atom. The lowest BCUT2D eigenvalue weighted by atomic mass is 9.80. The fourth-order valence-corrected chi connectivity index (χ4v) is 7.72. The van der Waals surface area contributed by atoms with Crippen LogP contribution in [0, 0.1) is 17.8 Å². The molecular formula is C31H53N5O6. The predicted octanol–water partition coefficient (Wildman–Crippen LogP) is 2.73. The lowest BCUT2D eigenvalue weighted by Gasteiger charge is -2.41. The van der Waals surface area contributed by atoms with Crippen LogP contribution in [-0.4, -0.2) is 103 Å². The first-order valence-electron chi connectivity index (χ1n) is 16.3. The van der Waals surface area contributed by atoms with Crippen molar-refractivity contribution < 1.29 is 29.0 Å². The van der Waals surface area contributed by atoms with Gasteiger partial charge in [-0.3, -0.25) is 19.3 Å². The van der Waals surface area contributed by atoms with Crippen molar-refractivity contribution in [2.45, 2.75) is 115 Å². The van der Waals surface area contributed by atoms with Gasteiger partial charge in [-0.05, 0) is 75.5 Å². The summed E-state index contributed by atoms with van der Waals surface area (Å²) in [4.78, 5) is 53.7. The van der Waals surface area contributed by atoms with Gasteiger partial charge in [0.1, 0.15) is 0 Å². The van der Waals surface area contributed by atoms with Gasteiger partial charge in [0.15, 0.2) is 0 Å². The van der Waals surface area contributed by atoms with Crippen molar-refractivity contribution in [3.05, 3.63) is 0 Å². The second kappa shape index (κ2) is 15.9. The first-order valence-corrected chi connectivity index (χ1v) is 16.3. The Morgan fingerprint density at radius 1 is 0.929 bits per heavy atom. The standard InChI is InChI=1S/C31H53N5O6/c1-21-5-3-4-6-26(21)34-31(41)33-24-9-7-22(8-10-24)17-28(37)32-25-11-12-27-23(18-25)19-36(14-13-30(39)40)29(38)20-35(27)15-16-42-2/h21-27H,3-20H2,1-2H3,(H,32,37)(H,39,40)(H2,33,34,41). The molecule has 11 nitrogen and oxygen atoms in total. The third-order valence-corrected chi connectivity index (χ3v) is 10.2. The molecule has 0 spiro atoms. The van der Waals surface area contributed by atoms with Crippen molar-refractivity contribution in [2.24, 2.45) is 17.8 Å². The van der Waals surface area contributed by atoms with Crippen LogP contribution in [0.2, 0.25) is 0 Å². The minimum atomic E-state index is -0.907. The van der Waals surface area contributed by atoms with E-state index < -0.39 is 5.97 Å². The molecule has 11 heteroatoms. The second-order valence-electron chi connectivity index (χ2n) is 13.3. The van der Waals surface area contributed by atoms with Gasteiger partial charge in [-0.15, -0.1) is 0 Å². The zero-order valence-corrected chi connectivity index (χ0v) is 25.7. The molecule has 5 atom stereocenters. The highest BCUT2D eigenvalue weighted by atomic mass is 16.5. The molecule has 4 amide bonds. The van der Waals surface area contributed by atoms with Crippen molar-refractivity contribution >= 4 is 23.8 Å². The molecule has 0 aromatic heterocycles. The molecule has 0 radical (unpaired) electrons. The maximum atomic E-state index is 13.1. The lowest BCUT2D eigenvalue weighted by Crippen LogP contribution is -2.50. The Bertz CT molecular complexity index is 925. The molecule has 5 unspecified atom stereocenters. The van der Waals surface area contributed by atoms with Crippen LogP contribution in [-0.2, 0) is 19.1 Å². The molecule has 4 N–H and O–H groups in total. The summed E-state index contributed by atoms with van der Waals surface area (Å²) in [5.41, 5.74) is 0. The third kappa shape index (κ3) is 9.56. The van der Waals surface area contributed by atoms with Crippen molar-refractivity contribution in [3.8, 4) is 0 Å². The number of carbonyl (C=O) groups excluding carboxylic acids is 3. The fraction of sp³-hybridized carbons (Fsp3) is 0.871. The second-order valence-corrected chi connectivity index (χ2v) is 13.3. The summed E-state index contributed by atoms with van der Waals surface area (Å²) in [7, 11) is 1.65. The van der Waals surface area contributed by atoms with Crippen LogP contribution in [0.1, 0.15) is 90.4 Å². The fourth-order valence-electron chi connectivity index (χ4n) is 7.72. The smallest absolute Gasteiger partial charge is 0.315 e. The number of hydrogen-bond acceptors (Lipinski definition) is 6. The highest BCUT2D eigenvalue weighted by Crippen LogP contribution is 2.33. The summed E-state index contributed by atoms with van der Waals surface area (Å²) >= 11 is 0. The highest BCUT2D eigenvalue weighted by molar-refractivity contribution is 5.79. The van der Waals surface area contributed by atoms with Crippen LogP contribution >= 0.6 is 0 Å². The first kappa shape index (κ1) is 32.5. The van der Waals surface area contributed by atoms with E-state index in [-0.39, 0.29) is 67.4 Å². The van der Waals surface area contributed by atoms with Gasteiger partial charge in [0.05, 0.1) is 19.6 Å². The van der Waals surface area contributed by atoms with Crippen LogP contribution in [0.25, 0.3) is 0 Å². The van der Waals surface area contributed by atoms with E-state index in [4.69, 9.17) is 9.84 Å². The van der Waals surface area contributed by atoms with Gasteiger partial charge in [-0.2, -0.15) is 0 Å². The topological polar surface area (TPSA) is 140 Å². The monoisotopic (exact) mass is 591 g/mol. The van der Waals surface area contributed by atoms with Crippen LogP contribution in [0.4, 0.5) is 4.79 Å². The summed E-state index contributed by atoms with van der Waals surface area (Å²) in [5, 5.41) is 18.8. The average molecular weight is 592 g/mol. The quantitative estimate of drug-likeness (QED) is 0.290. The third-order valence-electron chi connectivity index (χ3n) is 10.2. The minimum Gasteiger partial charge on any atom is -0.481 e. The number of hydrogen-bond donors (Lipinski definition) is 4. The van der Waals surface area contributed by atoms with Crippen molar-refractivity contribution in [3.63, 3.8) is 0 Å². The number of carboxylic acid groups (broad SMARTS) is 1. The molecule has 0 aromatic rings. The van der Waals surface area contributed by atoms with E-state index in [1.807, 2.05) is 0 Å².